The van der Waals surface area contributed by atoms with Crippen LogP contribution in [0.2, 0.25) is 0 Å². The maximum Gasteiger partial charge on any atom is 0.323 e. The number of nitrogens with zero attached hydrogens (tertiary/aromatic N) is 2. The third-order valence-corrected chi connectivity index (χ3v) is 6.14. The Kier molecular flexibility index (Phi) is 5.34. The van der Waals surface area contributed by atoms with Crippen LogP contribution in [0.5, 0.6) is 0 Å². The van der Waals surface area contributed by atoms with Gasteiger partial charge in [-0.05, 0) is 23.8 Å². The largest absolute Gasteiger partial charge is 0.481 e. The highest BCUT2D eigenvalue weighted by molar-refractivity contribution is 8.27. The van der Waals surface area contributed by atoms with Gasteiger partial charge in [0.15, 0.2) is 4.32 Å². The molecule has 2 heterocycles. The van der Waals surface area contributed by atoms with Crippen LogP contribution >= 0.6 is 24.0 Å². The Morgan fingerprint density at radius 3 is 2.26 bits per heavy atom. The van der Waals surface area contributed by atoms with Crippen LogP contribution in [0.4, 0.5) is 11.4 Å². The fourth-order valence-electron chi connectivity index (χ4n) is 3.47. The van der Waals surface area contributed by atoms with Crippen LogP contribution in [0.1, 0.15) is 11.1 Å². The molecule has 0 unspecified atom stereocenters. The molecule has 2 aromatic rings. The molecule has 10 heteroatoms. The van der Waals surface area contributed by atoms with Crippen LogP contribution in [-0.4, -0.2) is 44.8 Å². The van der Waals surface area contributed by atoms with Crippen molar-refractivity contribution in [2.24, 2.45) is 0 Å². The van der Waals surface area contributed by atoms with Gasteiger partial charge in [0.1, 0.15) is 6.54 Å². The number of hydrogen-bond donors (Lipinski definition) is 2. The molecule has 0 spiro atoms. The van der Waals surface area contributed by atoms with Crippen LogP contribution in [0, 0.1) is 0 Å². The van der Waals surface area contributed by atoms with Gasteiger partial charge >= 0.3 is 11.9 Å². The summed E-state index contributed by atoms with van der Waals surface area (Å²) < 4.78 is 0.223. The molecular weight excluding hydrogens is 440 g/mol. The van der Waals surface area contributed by atoms with Crippen LogP contribution in [0.15, 0.2) is 53.4 Å². The first-order chi connectivity index (χ1) is 14.8. The van der Waals surface area contributed by atoms with E-state index < -0.39 is 30.3 Å². The van der Waals surface area contributed by atoms with Gasteiger partial charge in [0.2, 0.25) is 0 Å². The Bertz CT molecular complexity index is 1190. The first-order valence-electron chi connectivity index (χ1n) is 9.02. The van der Waals surface area contributed by atoms with E-state index in [1.54, 1.807) is 48.5 Å². The second-order valence-corrected chi connectivity index (χ2v) is 8.40. The normalized spacial score (nSPS) is 18.0. The summed E-state index contributed by atoms with van der Waals surface area (Å²) in [4.78, 5) is 50.9. The lowest BCUT2D eigenvalue weighted by Gasteiger charge is -2.15. The number of para-hydroxylation sites is 1. The van der Waals surface area contributed by atoms with Gasteiger partial charge in [-0.1, -0.05) is 54.3 Å². The molecule has 31 heavy (non-hydrogen) atoms. The Balaban J connectivity index is 1.73. The first kappa shape index (κ1) is 20.8. The molecule has 8 nitrogen and oxygen atoms in total. The van der Waals surface area contributed by atoms with Crippen molar-refractivity contribution < 1.29 is 29.4 Å². The third kappa shape index (κ3) is 3.71. The molecule has 0 atom stereocenters. The van der Waals surface area contributed by atoms with Crippen molar-refractivity contribution in [1.82, 2.24) is 0 Å². The van der Waals surface area contributed by atoms with E-state index in [1.807, 2.05) is 0 Å². The van der Waals surface area contributed by atoms with Crippen molar-refractivity contribution in [1.29, 1.82) is 0 Å². The topological polar surface area (TPSA) is 115 Å². The molecular formula is C21H14N2O6S2. The van der Waals surface area contributed by atoms with E-state index in [2.05, 4.69) is 0 Å². The van der Waals surface area contributed by atoms with E-state index in [4.69, 9.17) is 17.3 Å². The summed E-state index contributed by atoms with van der Waals surface area (Å²) in [7, 11) is 0. The van der Waals surface area contributed by atoms with E-state index in [0.717, 1.165) is 16.7 Å². The Labute approximate surface area is 185 Å². The van der Waals surface area contributed by atoms with Crippen LogP contribution in [-0.2, 0) is 25.6 Å². The van der Waals surface area contributed by atoms with E-state index in [-0.39, 0.29) is 21.2 Å². The lowest BCUT2D eigenvalue weighted by Crippen LogP contribution is -2.32. The number of thiocarbonyl (C=S) groups is 1. The van der Waals surface area contributed by atoms with Gasteiger partial charge in [-0.25, -0.2) is 0 Å². The van der Waals surface area contributed by atoms with Gasteiger partial charge in [0, 0.05) is 5.56 Å². The molecule has 1 fully saturated rings. The number of benzene rings is 2. The van der Waals surface area contributed by atoms with Crippen molar-refractivity contribution in [3.8, 4) is 0 Å². The number of anilines is 2. The van der Waals surface area contributed by atoms with Gasteiger partial charge in [0.25, 0.3) is 11.8 Å². The summed E-state index contributed by atoms with van der Waals surface area (Å²) in [5.41, 5.74) is 2.05. The fourth-order valence-corrected chi connectivity index (χ4v) is 4.84. The number of rotatable bonds is 5. The van der Waals surface area contributed by atoms with Crippen molar-refractivity contribution in [3.63, 3.8) is 0 Å². The van der Waals surface area contributed by atoms with E-state index in [9.17, 15) is 24.3 Å². The number of thioether (sulfide) groups is 1. The smallest absolute Gasteiger partial charge is 0.323 e. The number of carbonyl (C=O) groups excluding carboxylic acids is 2. The number of fused-ring (bicyclic) bond motifs is 1. The number of amides is 2. The predicted molar refractivity (Wildman–Crippen MR) is 119 cm³/mol. The van der Waals surface area contributed by atoms with Crippen LogP contribution in [0.25, 0.3) is 5.57 Å². The van der Waals surface area contributed by atoms with Crippen LogP contribution < -0.4 is 9.80 Å². The second kappa shape index (κ2) is 7.97. The lowest BCUT2D eigenvalue weighted by molar-refractivity contribution is -0.137. The molecule has 2 amide bonds. The molecule has 0 bridgehead atoms. The van der Waals surface area contributed by atoms with E-state index in [0.29, 0.717) is 22.5 Å². The number of carbonyl (C=O) groups is 4. The summed E-state index contributed by atoms with van der Waals surface area (Å²) in [6, 6.07) is 13.1. The van der Waals surface area contributed by atoms with E-state index in [1.165, 1.54) is 4.90 Å². The summed E-state index contributed by atoms with van der Waals surface area (Å²) in [5.74, 6) is -3.19. The molecule has 2 N–H and O–H groups in total. The monoisotopic (exact) mass is 454 g/mol. The molecule has 2 aromatic carbocycles. The lowest BCUT2D eigenvalue weighted by atomic mass is 10.1. The first-order valence-corrected chi connectivity index (χ1v) is 10.2. The summed E-state index contributed by atoms with van der Waals surface area (Å²) in [6.45, 7) is -0.523. The zero-order valence-electron chi connectivity index (χ0n) is 15.8. The van der Waals surface area contributed by atoms with Crippen molar-refractivity contribution in [3.05, 3.63) is 64.6 Å². The molecule has 0 aliphatic carbocycles. The highest BCUT2D eigenvalue weighted by Crippen LogP contribution is 2.45. The standard InChI is InChI=1S/C21H14N2O6S2/c24-15(25)9-11-5-7-12(8-6-11)23-20(29)18(31-21(23)30)17-13-3-1-2-4-14(13)22(19(17)28)10-16(26)27/h1-8H,9-10H2,(H,24,25)(H,26,27)/b18-17-. The quantitative estimate of drug-likeness (QED) is 0.523. The minimum atomic E-state index is -1.17. The minimum absolute atomic E-state index is 0.124. The molecule has 2 aliphatic heterocycles. The van der Waals surface area contributed by atoms with Gasteiger partial charge in [0.05, 0.1) is 28.3 Å². The van der Waals surface area contributed by atoms with Gasteiger partial charge in [-0.15, -0.1) is 0 Å². The number of carboxylic acids is 2. The van der Waals surface area contributed by atoms with Crippen molar-refractivity contribution >= 4 is 69.0 Å². The van der Waals surface area contributed by atoms with Gasteiger partial charge < -0.3 is 10.2 Å². The Morgan fingerprint density at radius 2 is 1.61 bits per heavy atom. The SMILES string of the molecule is O=C(O)Cc1ccc(N2C(=O)/C(=C3/C(=O)N(CC(=O)O)c4ccccc43)SC2=S)cc1. The number of aliphatic carboxylic acids is 2. The molecule has 0 radical (unpaired) electrons. The summed E-state index contributed by atoms with van der Waals surface area (Å²) in [6.07, 6.45) is -0.145. The highest BCUT2D eigenvalue weighted by Gasteiger charge is 2.42. The Morgan fingerprint density at radius 1 is 0.935 bits per heavy atom. The molecule has 156 valence electrons. The summed E-state index contributed by atoms with van der Waals surface area (Å²) in [5, 5.41) is 18.1. The maximum absolute atomic E-state index is 13.2. The fraction of sp³-hybridized carbons (Fsp3) is 0.0952. The van der Waals surface area contributed by atoms with Crippen molar-refractivity contribution in [2.45, 2.75) is 6.42 Å². The van der Waals surface area contributed by atoms with Gasteiger partial charge in [-0.2, -0.15) is 0 Å². The Hall–Kier alpha value is -3.50. The molecule has 4 rings (SSSR count). The molecule has 0 saturated carbocycles. The van der Waals surface area contributed by atoms with E-state index >= 15 is 0 Å². The minimum Gasteiger partial charge on any atom is -0.481 e. The summed E-state index contributed by atoms with van der Waals surface area (Å²) >= 11 is 6.35. The zero-order valence-corrected chi connectivity index (χ0v) is 17.4. The molecule has 1 saturated heterocycles. The van der Waals surface area contributed by atoms with Crippen molar-refractivity contribution in [2.75, 3.05) is 16.3 Å². The zero-order chi connectivity index (χ0) is 22.3. The highest BCUT2D eigenvalue weighted by atomic mass is 32.2. The van der Waals surface area contributed by atoms with Gasteiger partial charge in [-0.3, -0.25) is 29.0 Å². The maximum atomic E-state index is 13.2. The number of carboxylic acid groups (broad SMARTS) is 2. The second-order valence-electron chi connectivity index (χ2n) is 6.75. The molecule has 0 aromatic heterocycles. The van der Waals surface area contributed by atoms with Crippen LogP contribution in [0.3, 0.4) is 0 Å². The predicted octanol–water partition coefficient (Wildman–Crippen LogP) is 2.52. The molecule has 2 aliphatic rings. The third-order valence-electron chi connectivity index (χ3n) is 4.76. The average Bonchev–Trinajstić information content (AvgIpc) is 3.15. The average molecular weight is 454 g/mol. The number of hydrogen-bond acceptors (Lipinski definition) is 6.